The number of nitrogens with zero attached hydrogens (tertiary/aromatic N) is 1. The van der Waals surface area contributed by atoms with Gasteiger partial charge in [-0.15, -0.1) is 0 Å². The number of hydrogen-bond acceptors (Lipinski definition) is 1. The third-order valence-corrected chi connectivity index (χ3v) is 4.16. The summed E-state index contributed by atoms with van der Waals surface area (Å²) in [5, 5.41) is 1.00. The van der Waals surface area contributed by atoms with E-state index in [9.17, 15) is 4.39 Å². The zero-order valence-corrected chi connectivity index (χ0v) is 13.4. The van der Waals surface area contributed by atoms with Crippen molar-refractivity contribution >= 4 is 31.9 Å². The SMILES string of the molecule is CC(C)N(CCCBr)Cc1cccc(F)c1Br. The molecule has 0 heterocycles. The highest BCUT2D eigenvalue weighted by Gasteiger charge is 2.12. The van der Waals surface area contributed by atoms with Gasteiger partial charge in [-0.05, 0) is 54.4 Å². The molecule has 0 unspecified atom stereocenters. The number of alkyl halides is 1. The normalized spacial score (nSPS) is 11.5. The molecule has 0 fully saturated rings. The van der Waals surface area contributed by atoms with E-state index in [2.05, 4.69) is 50.6 Å². The molecule has 0 aliphatic carbocycles. The highest BCUT2D eigenvalue weighted by Crippen LogP contribution is 2.22. The van der Waals surface area contributed by atoms with Crippen LogP contribution in [0.5, 0.6) is 0 Å². The van der Waals surface area contributed by atoms with Crippen LogP contribution in [0.1, 0.15) is 25.8 Å². The smallest absolute Gasteiger partial charge is 0.137 e. The predicted molar refractivity (Wildman–Crippen MR) is 78.1 cm³/mol. The third kappa shape index (κ3) is 4.68. The molecule has 0 aliphatic rings. The van der Waals surface area contributed by atoms with Crippen LogP contribution in [0.15, 0.2) is 22.7 Å². The average molecular weight is 367 g/mol. The molecule has 1 rings (SSSR count). The van der Waals surface area contributed by atoms with Crippen LogP contribution in [0, 0.1) is 5.82 Å². The van der Waals surface area contributed by atoms with Crippen molar-refractivity contribution in [3.63, 3.8) is 0 Å². The molecule has 0 aliphatic heterocycles. The number of benzene rings is 1. The molecule has 0 atom stereocenters. The molecule has 0 amide bonds. The minimum Gasteiger partial charge on any atom is -0.297 e. The maximum atomic E-state index is 13.4. The lowest BCUT2D eigenvalue weighted by Gasteiger charge is -2.26. The molecular weight excluding hydrogens is 349 g/mol. The Morgan fingerprint density at radius 3 is 2.65 bits per heavy atom. The van der Waals surface area contributed by atoms with E-state index in [0.29, 0.717) is 10.5 Å². The highest BCUT2D eigenvalue weighted by molar-refractivity contribution is 9.10. The first-order valence-electron chi connectivity index (χ1n) is 5.79. The zero-order chi connectivity index (χ0) is 12.8. The number of halogens is 3. The van der Waals surface area contributed by atoms with E-state index >= 15 is 0 Å². The molecule has 4 heteroatoms. The molecule has 0 saturated heterocycles. The second kappa shape index (κ2) is 7.49. The minimum atomic E-state index is -0.188. The van der Waals surface area contributed by atoms with Gasteiger partial charge < -0.3 is 0 Å². The second-order valence-corrected chi connectivity index (χ2v) is 5.91. The summed E-state index contributed by atoms with van der Waals surface area (Å²) in [4.78, 5) is 2.35. The van der Waals surface area contributed by atoms with Gasteiger partial charge in [-0.2, -0.15) is 0 Å². The van der Waals surface area contributed by atoms with E-state index in [1.807, 2.05) is 6.07 Å². The summed E-state index contributed by atoms with van der Waals surface area (Å²) in [6.07, 6.45) is 1.10. The number of rotatable bonds is 6. The fraction of sp³-hybridized carbons (Fsp3) is 0.538. The summed E-state index contributed by atoms with van der Waals surface area (Å²) in [5.41, 5.74) is 1.01. The van der Waals surface area contributed by atoms with Gasteiger partial charge in [-0.1, -0.05) is 28.1 Å². The Morgan fingerprint density at radius 2 is 2.06 bits per heavy atom. The summed E-state index contributed by atoms with van der Waals surface area (Å²) in [6.45, 7) is 6.14. The molecule has 96 valence electrons. The summed E-state index contributed by atoms with van der Waals surface area (Å²) >= 11 is 6.76. The Hall–Kier alpha value is 0.0700. The molecule has 1 nitrogen and oxygen atoms in total. The summed E-state index contributed by atoms with van der Waals surface area (Å²) in [7, 11) is 0. The van der Waals surface area contributed by atoms with E-state index in [1.54, 1.807) is 6.07 Å². The van der Waals surface area contributed by atoms with Gasteiger partial charge in [-0.3, -0.25) is 4.90 Å². The van der Waals surface area contributed by atoms with Crippen molar-refractivity contribution in [1.82, 2.24) is 4.90 Å². The Labute approximate surface area is 120 Å². The van der Waals surface area contributed by atoms with Crippen LogP contribution in [0.2, 0.25) is 0 Å². The van der Waals surface area contributed by atoms with E-state index < -0.39 is 0 Å². The molecule has 0 spiro atoms. The lowest BCUT2D eigenvalue weighted by atomic mass is 10.2. The Morgan fingerprint density at radius 1 is 1.35 bits per heavy atom. The van der Waals surface area contributed by atoms with Crippen LogP contribution in [-0.2, 0) is 6.54 Å². The molecule has 0 saturated carbocycles. The minimum absolute atomic E-state index is 0.188. The average Bonchev–Trinajstić information content (AvgIpc) is 2.29. The largest absolute Gasteiger partial charge is 0.297 e. The Kier molecular flexibility index (Phi) is 6.67. The fourth-order valence-electron chi connectivity index (χ4n) is 1.67. The van der Waals surface area contributed by atoms with Crippen molar-refractivity contribution in [2.75, 3.05) is 11.9 Å². The van der Waals surface area contributed by atoms with E-state index in [4.69, 9.17) is 0 Å². The highest BCUT2D eigenvalue weighted by atomic mass is 79.9. The molecule has 1 aromatic rings. The molecule has 0 N–H and O–H groups in total. The predicted octanol–water partition coefficient (Wildman–Crippen LogP) is 4.58. The maximum absolute atomic E-state index is 13.4. The van der Waals surface area contributed by atoms with E-state index in [1.165, 1.54) is 6.07 Å². The molecule has 0 bridgehead atoms. The van der Waals surface area contributed by atoms with Gasteiger partial charge in [0.1, 0.15) is 5.82 Å². The summed E-state index contributed by atoms with van der Waals surface area (Å²) in [6, 6.07) is 5.67. The summed E-state index contributed by atoms with van der Waals surface area (Å²) < 4.78 is 14.0. The monoisotopic (exact) mass is 365 g/mol. The van der Waals surface area contributed by atoms with Crippen LogP contribution < -0.4 is 0 Å². The van der Waals surface area contributed by atoms with Gasteiger partial charge in [0.05, 0.1) is 4.47 Å². The third-order valence-electron chi connectivity index (χ3n) is 2.71. The lowest BCUT2D eigenvalue weighted by Crippen LogP contribution is -2.31. The van der Waals surface area contributed by atoms with Crippen LogP contribution in [0.3, 0.4) is 0 Å². The lowest BCUT2D eigenvalue weighted by molar-refractivity contribution is 0.213. The zero-order valence-electron chi connectivity index (χ0n) is 10.2. The fourth-order valence-corrected chi connectivity index (χ4v) is 2.31. The van der Waals surface area contributed by atoms with Crippen LogP contribution >= 0.6 is 31.9 Å². The van der Waals surface area contributed by atoms with Crippen molar-refractivity contribution in [3.05, 3.63) is 34.1 Å². The second-order valence-electron chi connectivity index (χ2n) is 4.32. The topological polar surface area (TPSA) is 3.24 Å². The first kappa shape index (κ1) is 15.1. The quantitative estimate of drug-likeness (QED) is 0.666. The maximum Gasteiger partial charge on any atom is 0.137 e. The van der Waals surface area contributed by atoms with Crippen molar-refractivity contribution < 1.29 is 4.39 Å². The van der Waals surface area contributed by atoms with Crippen molar-refractivity contribution in [3.8, 4) is 0 Å². The summed E-state index contributed by atoms with van der Waals surface area (Å²) in [5.74, 6) is -0.188. The van der Waals surface area contributed by atoms with Gasteiger partial charge in [0.2, 0.25) is 0 Å². The molecular formula is C13H18Br2FN. The standard InChI is InChI=1S/C13H18Br2FN/c1-10(2)17(8-4-7-14)9-11-5-3-6-12(16)13(11)15/h3,5-6,10H,4,7-9H2,1-2H3. The van der Waals surface area contributed by atoms with Crippen molar-refractivity contribution in [1.29, 1.82) is 0 Å². The number of hydrogen-bond donors (Lipinski definition) is 0. The first-order chi connectivity index (χ1) is 8.06. The van der Waals surface area contributed by atoms with Gasteiger partial charge in [0, 0.05) is 17.9 Å². The van der Waals surface area contributed by atoms with E-state index in [-0.39, 0.29) is 5.82 Å². The Balaban J connectivity index is 2.75. The molecule has 1 aromatic carbocycles. The van der Waals surface area contributed by atoms with Crippen LogP contribution in [0.4, 0.5) is 4.39 Å². The van der Waals surface area contributed by atoms with Crippen molar-refractivity contribution in [2.24, 2.45) is 0 Å². The Bertz CT molecular complexity index is 355. The van der Waals surface area contributed by atoms with E-state index in [0.717, 1.165) is 30.4 Å². The van der Waals surface area contributed by atoms with Gasteiger partial charge in [-0.25, -0.2) is 4.39 Å². The molecule has 17 heavy (non-hydrogen) atoms. The van der Waals surface area contributed by atoms with Gasteiger partial charge in [0.15, 0.2) is 0 Å². The molecule has 0 aromatic heterocycles. The van der Waals surface area contributed by atoms with Crippen LogP contribution in [-0.4, -0.2) is 22.8 Å². The van der Waals surface area contributed by atoms with Gasteiger partial charge in [0.25, 0.3) is 0 Å². The first-order valence-corrected chi connectivity index (χ1v) is 7.70. The van der Waals surface area contributed by atoms with Crippen LogP contribution in [0.25, 0.3) is 0 Å². The van der Waals surface area contributed by atoms with Gasteiger partial charge >= 0.3 is 0 Å². The van der Waals surface area contributed by atoms with Crippen molar-refractivity contribution in [2.45, 2.75) is 32.9 Å². The molecule has 0 radical (unpaired) electrons.